The first-order valence-electron chi connectivity index (χ1n) is 15.9. The third-order valence-electron chi connectivity index (χ3n) is 10.8. The number of hydrogen-bond donors (Lipinski definition) is 1. The number of nitrogens with one attached hydrogen (secondary N) is 1. The fourth-order valence-corrected chi connectivity index (χ4v) is 8.56. The van der Waals surface area contributed by atoms with E-state index in [4.69, 9.17) is 4.98 Å². The lowest BCUT2D eigenvalue weighted by Gasteiger charge is -2.45. The van der Waals surface area contributed by atoms with E-state index in [0.717, 1.165) is 61.3 Å². The average molecular weight is 574 g/mol. The molecular formula is C35H39N7O. The number of benzene rings is 3. The lowest BCUT2D eigenvalue weighted by atomic mass is 9.70. The van der Waals surface area contributed by atoms with Crippen LogP contribution in [0.3, 0.4) is 0 Å². The number of aryl methyl sites for hydroxylation is 1. The number of aromatic nitrogens is 5. The zero-order valence-electron chi connectivity index (χ0n) is 24.8. The number of likely N-dealkylation sites (tertiary alicyclic amines) is 1. The number of aromatic amines is 1. The number of piperidine rings is 2. The number of carbonyl (C=O) groups excluding carboxylic acids is 1. The minimum Gasteiger partial charge on any atom is -0.339 e. The second kappa shape index (κ2) is 10.6. The number of imidazole rings is 1. The average Bonchev–Trinajstić information content (AvgIpc) is 3.72. The van der Waals surface area contributed by atoms with Gasteiger partial charge < -0.3 is 9.47 Å². The van der Waals surface area contributed by atoms with Gasteiger partial charge in [0.25, 0.3) is 5.91 Å². The van der Waals surface area contributed by atoms with E-state index in [9.17, 15) is 4.79 Å². The fourth-order valence-electron chi connectivity index (χ4n) is 8.56. The van der Waals surface area contributed by atoms with Gasteiger partial charge in [0.1, 0.15) is 11.3 Å². The summed E-state index contributed by atoms with van der Waals surface area (Å²) in [5, 5.41) is 10.8. The Morgan fingerprint density at radius 2 is 1.65 bits per heavy atom. The summed E-state index contributed by atoms with van der Waals surface area (Å²) >= 11 is 0. The van der Waals surface area contributed by atoms with E-state index in [0.29, 0.717) is 23.7 Å². The van der Waals surface area contributed by atoms with Crippen LogP contribution in [-0.2, 0) is 5.41 Å². The number of carbonyl (C=O) groups is 1. The van der Waals surface area contributed by atoms with E-state index >= 15 is 0 Å². The van der Waals surface area contributed by atoms with Crippen LogP contribution in [0, 0.1) is 6.92 Å². The largest absolute Gasteiger partial charge is 0.339 e. The van der Waals surface area contributed by atoms with Crippen molar-refractivity contribution < 1.29 is 4.79 Å². The molecule has 3 aliphatic rings. The third kappa shape index (κ3) is 4.63. The monoisotopic (exact) mass is 573 g/mol. The summed E-state index contributed by atoms with van der Waals surface area (Å²) in [6.45, 7) is 4.83. The number of amides is 1. The first-order valence-corrected chi connectivity index (χ1v) is 15.9. The Labute approximate surface area is 252 Å². The number of H-pyrrole nitrogens is 1. The van der Waals surface area contributed by atoms with Crippen LogP contribution in [0.1, 0.15) is 72.7 Å². The Kier molecular flexibility index (Phi) is 6.55. The van der Waals surface area contributed by atoms with Gasteiger partial charge in [0.15, 0.2) is 0 Å². The van der Waals surface area contributed by atoms with E-state index in [-0.39, 0.29) is 11.3 Å². The Morgan fingerprint density at radius 1 is 0.907 bits per heavy atom. The molecule has 0 aliphatic carbocycles. The number of nitrogens with zero attached hydrogens (tertiary/aromatic N) is 6. The molecule has 0 spiro atoms. The van der Waals surface area contributed by atoms with Gasteiger partial charge >= 0.3 is 0 Å². The molecule has 1 N–H and O–H groups in total. The van der Waals surface area contributed by atoms with Crippen molar-refractivity contribution in [2.24, 2.45) is 0 Å². The number of hydrogen-bond acceptors (Lipinski definition) is 5. The number of rotatable bonds is 6. The van der Waals surface area contributed by atoms with E-state index in [1.807, 2.05) is 23.1 Å². The molecule has 3 fully saturated rings. The minimum atomic E-state index is 0.0849. The van der Waals surface area contributed by atoms with Gasteiger partial charge in [-0.1, -0.05) is 47.7 Å². The zero-order chi connectivity index (χ0) is 29.0. The first-order chi connectivity index (χ1) is 21.1. The zero-order valence-corrected chi connectivity index (χ0v) is 24.8. The molecule has 5 aromatic rings. The van der Waals surface area contributed by atoms with Crippen molar-refractivity contribution in [3.63, 3.8) is 0 Å². The normalized spacial score (nSPS) is 23.7. The maximum Gasteiger partial charge on any atom is 0.253 e. The number of para-hydroxylation sites is 2. The molecule has 3 aliphatic heterocycles. The summed E-state index contributed by atoms with van der Waals surface area (Å²) in [7, 11) is 0. The SMILES string of the molecule is Cc1nc2ccccc2n1[C@H]1C[C@H]2CC[C@@H](C1)N2CCC1(c2ccccc2)CCN(C(=O)c2ccc3[nH]nnc3c2)CC1. The molecule has 220 valence electrons. The quantitative estimate of drug-likeness (QED) is 0.268. The highest BCUT2D eigenvalue weighted by atomic mass is 16.2. The van der Waals surface area contributed by atoms with Crippen molar-refractivity contribution >= 4 is 28.0 Å². The van der Waals surface area contributed by atoms with Gasteiger partial charge in [-0.25, -0.2) is 4.98 Å². The van der Waals surface area contributed by atoms with Crippen LogP contribution in [0.15, 0.2) is 72.8 Å². The lowest BCUT2D eigenvalue weighted by molar-refractivity contribution is 0.0607. The van der Waals surface area contributed by atoms with Gasteiger partial charge in [0, 0.05) is 36.8 Å². The summed E-state index contributed by atoms with van der Waals surface area (Å²) in [5.41, 5.74) is 6.18. The second-order valence-electron chi connectivity index (χ2n) is 13.0. The van der Waals surface area contributed by atoms with Crippen LogP contribution < -0.4 is 0 Å². The van der Waals surface area contributed by atoms with Crippen LogP contribution in [-0.4, -0.2) is 72.4 Å². The molecule has 8 rings (SSSR count). The summed E-state index contributed by atoms with van der Waals surface area (Å²) in [6.07, 6.45) is 8.10. The van der Waals surface area contributed by atoms with Crippen molar-refractivity contribution in [3.8, 4) is 0 Å². The predicted octanol–water partition coefficient (Wildman–Crippen LogP) is 6.05. The molecule has 3 aromatic carbocycles. The lowest BCUT2D eigenvalue weighted by Crippen LogP contribution is -2.49. The van der Waals surface area contributed by atoms with Crippen molar-refractivity contribution in [1.82, 2.24) is 34.8 Å². The van der Waals surface area contributed by atoms with Crippen molar-refractivity contribution in [3.05, 3.63) is 89.7 Å². The first kappa shape index (κ1) is 26.6. The van der Waals surface area contributed by atoms with Crippen LogP contribution in [0.2, 0.25) is 0 Å². The molecule has 8 heteroatoms. The Balaban J connectivity index is 0.980. The van der Waals surface area contributed by atoms with E-state index < -0.39 is 0 Å². The fraction of sp³-hybridized carbons (Fsp3) is 0.429. The maximum absolute atomic E-state index is 13.5. The summed E-state index contributed by atoms with van der Waals surface area (Å²) in [6, 6.07) is 27.1. The molecule has 2 bridgehead atoms. The molecule has 5 heterocycles. The highest BCUT2D eigenvalue weighted by Gasteiger charge is 2.44. The Hall–Kier alpha value is -4.04. The molecule has 8 nitrogen and oxygen atoms in total. The maximum atomic E-state index is 13.5. The Bertz CT molecular complexity index is 1750. The summed E-state index contributed by atoms with van der Waals surface area (Å²) in [5.74, 6) is 1.23. The van der Waals surface area contributed by atoms with Gasteiger partial charge in [0.2, 0.25) is 0 Å². The third-order valence-corrected chi connectivity index (χ3v) is 10.8. The standard InChI is InChI=1S/C35H39N7O/c1-24-36-31-9-5-6-10-33(31)42(24)29-22-27-12-13-28(23-29)41(27)20-17-35(26-7-3-2-4-8-26)15-18-40(19-16-35)34(43)25-11-14-30-32(21-25)38-39-37-30/h2-11,14,21,27-29H,12-13,15-20,22-23H2,1H3,(H,37,38,39)/t27-,28+,29+. The van der Waals surface area contributed by atoms with Gasteiger partial charge in [-0.3, -0.25) is 14.8 Å². The molecule has 3 atom stereocenters. The molecule has 3 saturated heterocycles. The van der Waals surface area contributed by atoms with Crippen molar-refractivity contribution in [1.29, 1.82) is 0 Å². The molecule has 0 unspecified atom stereocenters. The predicted molar refractivity (Wildman–Crippen MR) is 168 cm³/mol. The van der Waals surface area contributed by atoms with E-state index in [2.05, 4.69) is 86.4 Å². The van der Waals surface area contributed by atoms with Gasteiger partial charge in [-0.2, -0.15) is 0 Å². The highest BCUT2D eigenvalue weighted by molar-refractivity contribution is 5.97. The summed E-state index contributed by atoms with van der Waals surface area (Å²) in [4.78, 5) is 23.3. The molecule has 0 saturated carbocycles. The van der Waals surface area contributed by atoms with Gasteiger partial charge in [-0.05, 0) is 99.7 Å². The van der Waals surface area contributed by atoms with E-state index in [1.165, 1.54) is 36.8 Å². The summed E-state index contributed by atoms with van der Waals surface area (Å²) < 4.78 is 2.52. The van der Waals surface area contributed by atoms with Crippen molar-refractivity contribution in [2.75, 3.05) is 19.6 Å². The van der Waals surface area contributed by atoms with Gasteiger partial charge in [0.05, 0.1) is 16.6 Å². The molecule has 0 radical (unpaired) electrons. The molecule has 2 aromatic heterocycles. The van der Waals surface area contributed by atoms with E-state index in [1.54, 1.807) is 0 Å². The van der Waals surface area contributed by atoms with Crippen LogP contribution in [0.25, 0.3) is 22.1 Å². The molecule has 43 heavy (non-hydrogen) atoms. The smallest absolute Gasteiger partial charge is 0.253 e. The molecule has 1 amide bonds. The van der Waals surface area contributed by atoms with Crippen molar-refractivity contribution in [2.45, 2.75) is 75.4 Å². The topological polar surface area (TPSA) is 82.9 Å². The number of fused-ring (bicyclic) bond motifs is 4. The van der Waals surface area contributed by atoms with Crippen LogP contribution >= 0.6 is 0 Å². The molecular weight excluding hydrogens is 534 g/mol. The van der Waals surface area contributed by atoms with Gasteiger partial charge in [-0.15, -0.1) is 5.10 Å². The van der Waals surface area contributed by atoms with Crippen LogP contribution in [0.4, 0.5) is 0 Å². The van der Waals surface area contributed by atoms with Crippen LogP contribution in [0.5, 0.6) is 0 Å². The second-order valence-corrected chi connectivity index (χ2v) is 13.0. The highest BCUT2D eigenvalue weighted by Crippen LogP contribution is 2.45. The Morgan fingerprint density at radius 3 is 2.44 bits per heavy atom. The minimum absolute atomic E-state index is 0.0849.